The summed E-state index contributed by atoms with van der Waals surface area (Å²) in [7, 11) is 5.26. The molecule has 1 aromatic carbocycles. The minimum absolute atomic E-state index is 0.757. The average Bonchev–Trinajstić information content (AvgIpc) is 2.38. The summed E-state index contributed by atoms with van der Waals surface area (Å²) in [4.78, 5) is 0. The first-order valence-electron chi connectivity index (χ1n) is 5.92. The first kappa shape index (κ1) is 13.6. The van der Waals surface area contributed by atoms with Gasteiger partial charge in [-0.15, -0.1) is 0 Å². The number of ether oxygens (including phenoxy) is 2. The molecule has 0 bridgehead atoms. The monoisotopic (exact) mass is 238 g/mol. The van der Waals surface area contributed by atoms with E-state index in [9.17, 15) is 0 Å². The lowest BCUT2D eigenvalue weighted by Crippen LogP contribution is -2.10. The van der Waals surface area contributed by atoms with Crippen LogP contribution in [0.2, 0.25) is 0 Å². The summed E-state index contributed by atoms with van der Waals surface area (Å²) in [5, 5.41) is 6.50. The van der Waals surface area contributed by atoms with Gasteiger partial charge in [0.25, 0.3) is 0 Å². The second-order valence-corrected chi connectivity index (χ2v) is 3.81. The summed E-state index contributed by atoms with van der Waals surface area (Å²) in [6, 6.07) is 5.87. The Hall–Kier alpha value is -1.42. The number of methoxy groups -OCH3 is 2. The third kappa shape index (κ3) is 4.53. The Morgan fingerprint density at radius 2 is 1.71 bits per heavy atom. The van der Waals surface area contributed by atoms with Gasteiger partial charge >= 0.3 is 0 Å². The van der Waals surface area contributed by atoms with Crippen molar-refractivity contribution in [2.75, 3.05) is 39.7 Å². The third-order valence-electron chi connectivity index (χ3n) is 2.57. The lowest BCUT2D eigenvalue weighted by Gasteiger charge is -2.11. The lowest BCUT2D eigenvalue weighted by atomic mass is 10.2. The molecular formula is C13H22N2O2. The van der Waals surface area contributed by atoms with Crippen LogP contribution in [0.5, 0.6) is 11.5 Å². The topological polar surface area (TPSA) is 42.5 Å². The maximum atomic E-state index is 5.25. The van der Waals surface area contributed by atoms with E-state index in [2.05, 4.69) is 10.6 Å². The van der Waals surface area contributed by atoms with Crippen LogP contribution in [0.25, 0.3) is 0 Å². The van der Waals surface area contributed by atoms with E-state index < -0.39 is 0 Å². The van der Waals surface area contributed by atoms with Gasteiger partial charge in [-0.2, -0.15) is 0 Å². The summed E-state index contributed by atoms with van der Waals surface area (Å²) < 4.78 is 10.4. The molecule has 4 nitrogen and oxygen atoms in total. The molecule has 0 saturated heterocycles. The fourth-order valence-electron chi connectivity index (χ4n) is 1.61. The van der Waals surface area contributed by atoms with Crippen LogP contribution >= 0.6 is 0 Å². The molecule has 1 aromatic rings. The first-order chi connectivity index (χ1) is 8.31. The van der Waals surface area contributed by atoms with Crippen LogP contribution in [-0.2, 0) is 0 Å². The second kappa shape index (κ2) is 7.79. The van der Waals surface area contributed by atoms with E-state index in [-0.39, 0.29) is 0 Å². The number of rotatable bonds is 8. The van der Waals surface area contributed by atoms with E-state index >= 15 is 0 Å². The molecule has 0 spiro atoms. The minimum Gasteiger partial charge on any atom is -0.493 e. The highest BCUT2D eigenvalue weighted by Crippen LogP contribution is 2.29. The SMILES string of the molecule is CNCCCCNc1ccc(OC)c(OC)c1. The normalized spacial score (nSPS) is 10.1. The van der Waals surface area contributed by atoms with Crippen molar-refractivity contribution in [3.8, 4) is 11.5 Å². The minimum atomic E-state index is 0.757. The van der Waals surface area contributed by atoms with Crippen LogP contribution < -0.4 is 20.1 Å². The Balaban J connectivity index is 2.43. The molecule has 0 amide bonds. The molecule has 17 heavy (non-hydrogen) atoms. The molecule has 4 heteroatoms. The van der Waals surface area contributed by atoms with Crippen molar-refractivity contribution in [3.05, 3.63) is 18.2 Å². The number of unbranched alkanes of at least 4 members (excludes halogenated alkanes) is 1. The molecule has 0 aliphatic rings. The van der Waals surface area contributed by atoms with Crippen LogP contribution in [0.15, 0.2) is 18.2 Å². The molecule has 0 radical (unpaired) electrons. The van der Waals surface area contributed by atoms with Crippen molar-refractivity contribution in [1.29, 1.82) is 0 Å². The molecule has 1 rings (SSSR count). The molecule has 0 aliphatic carbocycles. The number of nitrogens with one attached hydrogen (secondary N) is 2. The molecule has 0 saturated carbocycles. The Morgan fingerprint density at radius 1 is 1.00 bits per heavy atom. The smallest absolute Gasteiger partial charge is 0.162 e. The summed E-state index contributed by atoms with van der Waals surface area (Å²) in [5.41, 5.74) is 1.06. The van der Waals surface area contributed by atoms with Gasteiger partial charge in [-0.05, 0) is 38.6 Å². The summed E-state index contributed by atoms with van der Waals surface area (Å²) in [6.45, 7) is 2.03. The van der Waals surface area contributed by atoms with Crippen molar-refractivity contribution in [2.45, 2.75) is 12.8 Å². The predicted octanol–water partition coefficient (Wildman–Crippen LogP) is 2.12. The van der Waals surface area contributed by atoms with Gasteiger partial charge in [0.1, 0.15) is 0 Å². The standard InChI is InChI=1S/C13H22N2O2/c1-14-8-4-5-9-15-11-6-7-12(16-2)13(10-11)17-3/h6-7,10,14-15H,4-5,8-9H2,1-3H3. The van der Waals surface area contributed by atoms with Crippen LogP contribution in [0.1, 0.15) is 12.8 Å². The second-order valence-electron chi connectivity index (χ2n) is 3.81. The summed E-state index contributed by atoms with van der Waals surface area (Å²) in [5.74, 6) is 1.51. The van der Waals surface area contributed by atoms with Gasteiger partial charge in [0, 0.05) is 18.3 Å². The zero-order valence-corrected chi connectivity index (χ0v) is 10.9. The lowest BCUT2D eigenvalue weighted by molar-refractivity contribution is 0.355. The molecular weight excluding hydrogens is 216 g/mol. The van der Waals surface area contributed by atoms with Gasteiger partial charge in [-0.3, -0.25) is 0 Å². The Morgan fingerprint density at radius 3 is 2.35 bits per heavy atom. The van der Waals surface area contributed by atoms with Gasteiger partial charge in [0.05, 0.1) is 14.2 Å². The maximum Gasteiger partial charge on any atom is 0.162 e. The number of anilines is 1. The van der Waals surface area contributed by atoms with E-state index in [1.165, 1.54) is 6.42 Å². The molecule has 0 heterocycles. The highest BCUT2D eigenvalue weighted by Gasteiger charge is 2.03. The van der Waals surface area contributed by atoms with Crippen molar-refractivity contribution < 1.29 is 9.47 Å². The fourth-order valence-corrected chi connectivity index (χ4v) is 1.61. The number of hydrogen-bond donors (Lipinski definition) is 2. The molecule has 96 valence electrons. The number of hydrogen-bond acceptors (Lipinski definition) is 4. The third-order valence-corrected chi connectivity index (χ3v) is 2.57. The van der Waals surface area contributed by atoms with Crippen molar-refractivity contribution in [2.24, 2.45) is 0 Å². The van der Waals surface area contributed by atoms with Crippen LogP contribution in [-0.4, -0.2) is 34.4 Å². The largest absolute Gasteiger partial charge is 0.493 e. The number of benzene rings is 1. The highest BCUT2D eigenvalue weighted by molar-refractivity contribution is 5.54. The summed E-state index contributed by atoms with van der Waals surface area (Å²) >= 11 is 0. The average molecular weight is 238 g/mol. The quantitative estimate of drug-likeness (QED) is 0.681. The maximum absolute atomic E-state index is 5.25. The Kier molecular flexibility index (Phi) is 6.25. The van der Waals surface area contributed by atoms with E-state index in [0.29, 0.717) is 0 Å². The van der Waals surface area contributed by atoms with E-state index in [0.717, 1.165) is 36.7 Å². The van der Waals surface area contributed by atoms with Gasteiger partial charge in [0.2, 0.25) is 0 Å². The van der Waals surface area contributed by atoms with Crippen molar-refractivity contribution in [3.63, 3.8) is 0 Å². The van der Waals surface area contributed by atoms with E-state index in [4.69, 9.17) is 9.47 Å². The van der Waals surface area contributed by atoms with Crippen molar-refractivity contribution in [1.82, 2.24) is 5.32 Å². The molecule has 0 unspecified atom stereocenters. The van der Waals surface area contributed by atoms with Gasteiger partial charge < -0.3 is 20.1 Å². The van der Waals surface area contributed by atoms with Crippen LogP contribution in [0.4, 0.5) is 5.69 Å². The Bertz CT molecular complexity index is 329. The van der Waals surface area contributed by atoms with E-state index in [1.807, 2.05) is 25.2 Å². The zero-order chi connectivity index (χ0) is 12.5. The van der Waals surface area contributed by atoms with Gasteiger partial charge in [-0.1, -0.05) is 0 Å². The molecule has 2 N–H and O–H groups in total. The molecule has 0 atom stereocenters. The van der Waals surface area contributed by atoms with Crippen LogP contribution in [0, 0.1) is 0 Å². The fraction of sp³-hybridized carbons (Fsp3) is 0.538. The Labute approximate surface area is 103 Å². The zero-order valence-electron chi connectivity index (χ0n) is 10.9. The first-order valence-corrected chi connectivity index (χ1v) is 5.92. The van der Waals surface area contributed by atoms with Crippen LogP contribution in [0.3, 0.4) is 0 Å². The molecule has 0 aromatic heterocycles. The summed E-state index contributed by atoms with van der Waals surface area (Å²) in [6.07, 6.45) is 2.33. The van der Waals surface area contributed by atoms with Crippen molar-refractivity contribution >= 4 is 5.69 Å². The molecule has 0 aliphatic heterocycles. The van der Waals surface area contributed by atoms with Gasteiger partial charge in [-0.25, -0.2) is 0 Å². The highest BCUT2D eigenvalue weighted by atomic mass is 16.5. The van der Waals surface area contributed by atoms with Gasteiger partial charge in [0.15, 0.2) is 11.5 Å². The molecule has 0 fully saturated rings. The van der Waals surface area contributed by atoms with E-state index in [1.54, 1.807) is 14.2 Å². The predicted molar refractivity (Wildman–Crippen MR) is 71.2 cm³/mol.